The average molecular weight is 417 g/mol. The number of thioether (sulfide) groups is 1. The van der Waals surface area contributed by atoms with E-state index in [4.69, 9.17) is 4.74 Å². The molecule has 0 amide bonds. The lowest BCUT2D eigenvalue weighted by Crippen LogP contribution is -3.00. The molecular weight excluding hydrogens is 396 g/mol. The molecule has 2 heterocycles. The molecule has 1 aliphatic rings. The third-order valence-electron chi connectivity index (χ3n) is 4.42. The zero-order chi connectivity index (χ0) is 16.7. The average Bonchev–Trinajstić information content (AvgIpc) is 3.13. The van der Waals surface area contributed by atoms with Crippen LogP contribution in [0.1, 0.15) is 12.5 Å². The molecule has 1 aliphatic heterocycles. The summed E-state index contributed by atoms with van der Waals surface area (Å²) in [6, 6.07) is 17.0. The van der Waals surface area contributed by atoms with Gasteiger partial charge >= 0.3 is 5.16 Å². The summed E-state index contributed by atoms with van der Waals surface area (Å²) in [5, 5.41) is 1.89. The Balaban J connectivity index is 0.00000182. The summed E-state index contributed by atoms with van der Waals surface area (Å²) in [7, 11) is 1.70. The highest BCUT2D eigenvalue weighted by Gasteiger charge is 2.34. The van der Waals surface area contributed by atoms with Crippen LogP contribution in [0.25, 0.3) is 16.9 Å². The summed E-state index contributed by atoms with van der Waals surface area (Å²) in [5.41, 5.74) is 5.00. The normalized spacial score (nSPS) is 15.6. The first-order valence-corrected chi connectivity index (χ1v) is 9.07. The fraction of sp³-hybridized carbons (Fsp3) is 0.250. The zero-order valence-corrected chi connectivity index (χ0v) is 17.0. The summed E-state index contributed by atoms with van der Waals surface area (Å²) in [5.74, 6) is 0.884. The minimum Gasteiger partial charge on any atom is -1.00 e. The molecule has 25 heavy (non-hydrogen) atoms. The monoisotopic (exact) mass is 416 g/mol. The van der Waals surface area contributed by atoms with Crippen LogP contribution in [0.15, 0.2) is 59.9 Å². The van der Waals surface area contributed by atoms with Crippen LogP contribution in [-0.2, 0) is 6.54 Å². The summed E-state index contributed by atoms with van der Waals surface area (Å²) < 4.78 is 10.0. The number of hydrogen-bond donors (Lipinski definition) is 0. The van der Waals surface area contributed by atoms with Crippen molar-refractivity contribution in [3.8, 4) is 22.7 Å². The Morgan fingerprint density at radius 2 is 1.76 bits per heavy atom. The van der Waals surface area contributed by atoms with Gasteiger partial charge in [0.15, 0.2) is 5.69 Å². The van der Waals surface area contributed by atoms with Crippen LogP contribution in [0, 0.1) is 6.92 Å². The second-order valence-corrected chi connectivity index (χ2v) is 7.68. The molecule has 0 N–H and O–H groups in total. The molecule has 1 atom stereocenters. The third kappa shape index (κ3) is 3.35. The minimum atomic E-state index is 0. The molecule has 0 bridgehead atoms. The van der Waals surface area contributed by atoms with E-state index in [2.05, 4.69) is 65.6 Å². The van der Waals surface area contributed by atoms with Crippen LogP contribution in [0.5, 0.6) is 5.75 Å². The van der Waals surface area contributed by atoms with Gasteiger partial charge in [-0.25, -0.2) is 4.57 Å². The van der Waals surface area contributed by atoms with Gasteiger partial charge in [-0.2, -0.15) is 4.57 Å². The van der Waals surface area contributed by atoms with Crippen LogP contribution in [0.2, 0.25) is 0 Å². The van der Waals surface area contributed by atoms with Crippen molar-refractivity contribution in [3.05, 3.63) is 60.3 Å². The van der Waals surface area contributed by atoms with Gasteiger partial charge in [0.1, 0.15) is 24.2 Å². The van der Waals surface area contributed by atoms with E-state index in [1.165, 1.54) is 27.7 Å². The molecule has 0 saturated carbocycles. The maximum atomic E-state index is 5.28. The standard InChI is InChI=1S/C20H21N2OS.BrH/c1-14-4-6-16(7-5-14)19-13-21(20-22(19)12-15(2)24-20)17-8-10-18(23-3)11-9-17;/h4-11,13,15H,12H2,1-3H3;1H/q+1;/p-1. The molecule has 3 nitrogen and oxygen atoms in total. The lowest BCUT2D eigenvalue weighted by molar-refractivity contribution is -0.715. The molecule has 1 aromatic heterocycles. The van der Waals surface area contributed by atoms with Gasteiger partial charge in [0.25, 0.3) is 0 Å². The van der Waals surface area contributed by atoms with Gasteiger partial charge in [-0.15, -0.1) is 0 Å². The van der Waals surface area contributed by atoms with Crippen molar-refractivity contribution < 1.29 is 26.3 Å². The Morgan fingerprint density at radius 1 is 1.08 bits per heavy atom. The molecule has 0 aliphatic carbocycles. The Morgan fingerprint density at radius 3 is 2.40 bits per heavy atom. The van der Waals surface area contributed by atoms with Gasteiger partial charge in [0.05, 0.1) is 12.4 Å². The summed E-state index contributed by atoms with van der Waals surface area (Å²) in [6.45, 7) is 5.46. The number of fused-ring (bicyclic) bond motifs is 1. The third-order valence-corrected chi connectivity index (χ3v) is 5.60. The predicted octanol–water partition coefficient (Wildman–Crippen LogP) is 1.25. The molecule has 130 valence electrons. The molecule has 0 saturated heterocycles. The number of aryl methyl sites for hydroxylation is 1. The number of ether oxygens (including phenoxy) is 1. The first kappa shape index (κ1) is 18.1. The highest BCUT2D eigenvalue weighted by Crippen LogP contribution is 2.33. The number of rotatable bonds is 3. The summed E-state index contributed by atoms with van der Waals surface area (Å²) in [6.07, 6.45) is 2.25. The maximum absolute atomic E-state index is 5.28. The van der Waals surface area contributed by atoms with Gasteiger partial charge in [-0.1, -0.05) is 29.8 Å². The van der Waals surface area contributed by atoms with Crippen molar-refractivity contribution in [2.75, 3.05) is 7.11 Å². The molecule has 4 rings (SSSR count). The van der Waals surface area contributed by atoms with E-state index >= 15 is 0 Å². The molecule has 0 radical (unpaired) electrons. The molecule has 2 aromatic carbocycles. The molecule has 3 aromatic rings. The second kappa shape index (κ2) is 7.26. The molecule has 1 unspecified atom stereocenters. The fourth-order valence-corrected chi connectivity index (χ4v) is 4.29. The van der Waals surface area contributed by atoms with Crippen LogP contribution < -0.4 is 26.3 Å². The van der Waals surface area contributed by atoms with Gasteiger partial charge < -0.3 is 21.7 Å². The van der Waals surface area contributed by atoms with E-state index in [1.54, 1.807) is 7.11 Å². The Bertz CT molecular complexity index is 872. The predicted molar refractivity (Wildman–Crippen MR) is 98.0 cm³/mol. The van der Waals surface area contributed by atoms with Crippen molar-refractivity contribution in [2.45, 2.75) is 30.8 Å². The van der Waals surface area contributed by atoms with Gasteiger partial charge in [-0.3, -0.25) is 0 Å². The number of benzene rings is 2. The van der Waals surface area contributed by atoms with E-state index < -0.39 is 0 Å². The number of aromatic nitrogens is 2. The van der Waals surface area contributed by atoms with Gasteiger partial charge in [-0.05, 0) is 49.9 Å². The molecule has 0 spiro atoms. The zero-order valence-electron chi connectivity index (χ0n) is 14.6. The van der Waals surface area contributed by atoms with Gasteiger partial charge in [0.2, 0.25) is 0 Å². The quantitative estimate of drug-likeness (QED) is 0.598. The first-order valence-electron chi connectivity index (χ1n) is 8.19. The van der Waals surface area contributed by atoms with Crippen LogP contribution in [0.4, 0.5) is 0 Å². The van der Waals surface area contributed by atoms with E-state index in [-0.39, 0.29) is 17.0 Å². The van der Waals surface area contributed by atoms with Crippen LogP contribution in [0.3, 0.4) is 0 Å². The van der Waals surface area contributed by atoms with Crippen LogP contribution in [-0.4, -0.2) is 16.9 Å². The van der Waals surface area contributed by atoms with Crippen molar-refractivity contribution in [1.29, 1.82) is 0 Å². The highest BCUT2D eigenvalue weighted by atomic mass is 79.9. The van der Waals surface area contributed by atoms with E-state index in [0.29, 0.717) is 5.25 Å². The lowest BCUT2D eigenvalue weighted by Gasteiger charge is -2.02. The molecule has 5 heteroatoms. The number of hydrogen-bond acceptors (Lipinski definition) is 2. The van der Waals surface area contributed by atoms with E-state index in [9.17, 15) is 0 Å². The smallest absolute Gasteiger partial charge is 0.324 e. The SMILES string of the molecule is COc1ccc(-n2cc(-c3ccc(C)cc3)[n+]3c2SC(C)C3)cc1.[Br-]. The topological polar surface area (TPSA) is 18.0 Å². The van der Waals surface area contributed by atoms with Crippen molar-refractivity contribution in [2.24, 2.45) is 0 Å². The van der Waals surface area contributed by atoms with Gasteiger partial charge in [0, 0.05) is 5.56 Å². The summed E-state index contributed by atoms with van der Waals surface area (Å²) >= 11 is 1.94. The Hall–Kier alpha value is -1.72. The molecular formula is C20H21BrN2OS. The summed E-state index contributed by atoms with van der Waals surface area (Å²) in [4.78, 5) is 0. The van der Waals surface area contributed by atoms with E-state index in [1.807, 2.05) is 23.9 Å². The number of halogens is 1. The largest absolute Gasteiger partial charge is 1.00 e. The second-order valence-electron chi connectivity index (χ2n) is 6.27. The first-order chi connectivity index (χ1) is 11.7. The number of imidazole rings is 1. The fourth-order valence-electron chi connectivity index (χ4n) is 3.13. The Kier molecular flexibility index (Phi) is 5.25. The Labute approximate surface area is 163 Å². The molecule has 0 fully saturated rings. The van der Waals surface area contributed by atoms with Crippen molar-refractivity contribution in [1.82, 2.24) is 4.57 Å². The van der Waals surface area contributed by atoms with Crippen LogP contribution >= 0.6 is 11.8 Å². The highest BCUT2D eigenvalue weighted by molar-refractivity contribution is 7.99. The van der Waals surface area contributed by atoms with Crippen molar-refractivity contribution >= 4 is 11.8 Å². The lowest BCUT2D eigenvalue weighted by atomic mass is 10.1. The van der Waals surface area contributed by atoms with Crippen molar-refractivity contribution in [3.63, 3.8) is 0 Å². The number of nitrogens with zero attached hydrogens (tertiary/aromatic N) is 2. The number of methoxy groups -OCH3 is 1. The minimum absolute atomic E-state index is 0. The van der Waals surface area contributed by atoms with E-state index in [0.717, 1.165) is 12.3 Å². The maximum Gasteiger partial charge on any atom is 0.324 e.